The number of sulfone groups is 1. The zero-order valence-corrected chi connectivity index (χ0v) is 11.5. The molecular formula is C11H18O3S2. The number of aliphatic hydroxyl groups is 1. The minimum absolute atomic E-state index is 0.146. The maximum Gasteiger partial charge on any atom is 0.147 e. The summed E-state index contributed by atoms with van der Waals surface area (Å²) < 4.78 is 21.9. The Balaban J connectivity index is 2.50. The van der Waals surface area contributed by atoms with E-state index in [-0.39, 0.29) is 5.75 Å². The molecule has 1 atom stereocenters. The first-order valence-corrected chi connectivity index (χ1v) is 8.10. The van der Waals surface area contributed by atoms with Gasteiger partial charge in [0.2, 0.25) is 0 Å². The minimum Gasteiger partial charge on any atom is -0.388 e. The summed E-state index contributed by atoms with van der Waals surface area (Å²) in [6.07, 6.45) is 1.71. The second-order valence-electron chi connectivity index (χ2n) is 4.18. The van der Waals surface area contributed by atoms with Crippen LogP contribution in [-0.4, -0.2) is 25.5 Å². The van der Waals surface area contributed by atoms with Gasteiger partial charge in [-0.25, -0.2) is 8.42 Å². The van der Waals surface area contributed by atoms with Crippen molar-refractivity contribution in [2.24, 2.45) is 0 Å². The maximum atomic E-state index is 10.9. The lowest BCUT2D eigenvalue weighted by atomic mass is 10.1. The topological polar surface area (TPSA) is 54.4 Å². The SMILES string of the molecule is Cc1cc(C(O)CCCS(C)(=O)=O)sc1C. The van der Waals surface area contributed by atoms with E-state index < -0.39 is 15.9 Å². The van der Waals surface area contributed by atoms with Crippen LogP contribution in [0.5, 0.6) is 0 Å². The van der Waals surface area contributed by atoms with Crippen LogP contribution in [-0.2, 0) is 9.84 Å². The van der Waals surface area contributed by atoms with Gasteiger partial charge in [-0.2, -0.15) is 0 Å². The Morgan fingerprint density at radius 1 is 1.44 bits per heavy atom. The third kappa shape index (κ3) is 4.23. The zero-order chi connectivity index (χ0) is 12.3. The lowest BCUT2D eigenvalue weighted by Crippen LogP contribution is -2.05. The lowest BCUT2D eigenvalue weighted by molar-refractivity contribution is 0.170. The largest absolute Gasteiger partial charge is 0.388 e. The first-order chi connectivity index (χ1) is 7.29. The van der Waals surface area contributed by atoms with Crippen molar-refractivity contribution < 1.29 is 13.5 Å². The van der Waals surface area contributed by atoms with Crippen LogP contribution in [0.25, 0.3) is 0 Å². The van der Waals surface area contributed by atoms with Crippen molar-refractivity contribution in [3.63, 3.8) is 0 Å². The third-order valence-electron chi connectivity index (χ3n) is 2.51. The Bertz CT molecular complexity index is 426. The van der Waals surface area contributed by atoms with Crippen LogP contribution in [0.15, 0.2) is 6.07 Å². The van der Waals surface area contributed by atoms with Gasteiger partial charge in [0.25, 0.3) is 0 Å². The molecule has 0 saturated carbocycles. The van der Waals surface area contributed by atoms with E-state index in [1.165, 1.54) is 16.7 Å². The van der Waals surface area contributed by atoms with E-state index in [1.807, 2.05) is 19.9 Å². The second kappa shape index (κ2) is 5.29. The van der Waals surface area contributed by atoms with Crippen LogP contribution >= 0.6 is 11.3 Å². The highest BCUT2D eigenvalue weighted by Gasteiger charge is 2.12. The van der Waals surface area contributed by atoms with Crippen molar-refractivity contribution in [3.05, 3.63) is 21.4 Å². The molecule has 0 aliphatic heterocycles. The van der Waals surface area contributed by atoms with Gasteiger partial charge >= 0.3 is 0 Å². The molecule has 0 aliphatic rings. The monoisotopic (exact) mass is 262 g/mol. The summed E-state index contributed by atoms with van der Waals surface area (Å²) in [7, 11) is -2.91. The van der Waals surface area contributed by atoms with E-state index >= 15 is 0 Å². The van der Waals surface area contributed by atoms with Gasteiger partial charge < -0.3 is 5.11 Å². The van der Waals surface area contributed by atoms with Gasteiger partial charge in [-0.3, -0.25) is 0 Å². The summed E-state index contributed by atoms with van der Waals surface area (Å²) in [6.45, 7) is 4.03. The molecule has 1 heterocycles. The molecule has 1 aromatic heterocycles. The van der Waals surface area contributed by atoms with Crippen molar-refractivity contribution in [2.75, 3.05) is 12.0 Å². The highest BCUT2D eigenvalue weighted by molar-refractivity contribution is 7.90. The molecule has 0 aliphatic carbocycles. The van der Waals surface area contributed by atoms with Crippen LogP contribution in [0.3, 0.4) is 0 Å². The van der Waals surface area contributed by atoms with Crippen LogP contribution < -0.4 is 0 Å². The Labute approximate surface area is 101 Å². The van der Waals surface area contributed by atoms with Crippen molar-refractivity contribution in [3.8, 4) is 0 Å². The Hall–Kier alpha value is -0.390. The van der Waals surface area contributed by atoms with Crippen molar-refractivity contribution in [1.29, 1.82) is 0 Å². The molecule has 1 N–H and O–H groups in total. The van der Waals surface area contributed by atoms with Crippen LogP contribution in [0, 0.1) is 13.8 Å². The highest BCUT2D eigenvalue weighted by Crippen LogP contribution is 2.28. The quantitative estimate of drug-likeness (QED) is 0.885. The molecule has 0 spiro atoms. The molecule has 5 heteroatoms. The van der Waals surface area contributed by atoms with Gasteiger partial charge in [-0.1, -0.05) is 0 Å². The van der Waals surface area contributed by atoms with Crippen LogP contribution in [0.1, 0.15) is 34.3 Å². The molecule has 0 aromatic carbocycles. The van der Waals surface area contributed by atoms with E-state index in [2.05, 4.69) is 0 Å². The summed E-state index contributed by atoms with van der Waals surface area (Å²) >= 11 is 1.58. The summed E-state index contributed by atoms with van der Waals surface area (Å²) in [4.78, 5) is 2.14. The maximum absolute atomic E-state index is 10.9. The molecule has 92 valence electrons. The van der Waals surface area contributed by atoms with Crippen molar-refractivity contribution in [2.45, 2.75) is 32.8 Å². The van der Waals surface area contributed by atoms with E-state index in [4.69, 9.17) is 0 Å². The van der Waals surface area contributed by atoms with Gasteiger partial charge in [-0.05, 0) is 38.3 Å². The van der Waals surface area contributed by atoms with Crippen LogP contribution in [0.4, 0.5) is 0 Å². The molecule has 0 amide bonds. The Morgan fingerprint density at radius 3 is 2.50 bits per heavy atom. The number of aliphatic hydroxyl groups excluding tert-OH is 1. The molecule has 0 bridgehead atoms. The zero-order valence-electron chi connectivity index (χ0n) is 9.86. The molecule has 0 saturated heterocycles. The van der Waals surface area contributed by atoms with E-state index in [0.29, 0.717) is 12.8 Å². The number of thiophene rings is 1. The lowest BCUT2D eigenvalue weighted by Gasteiger charge is -2.07. The van der Waals surface area contributed by atoms with Gasteiger partial charge in [0, 0.05) is 21.8 Å². The third-order valence-corrected chi connectivity index (χ3v) is 4.79. The van der Waals surface area contributed by atoms with Gasteiger partial charge in [0.1, 0.15) is 9.84 Å². The predicted molar refractivity (Wildman–Crippen MR) is 67.7 cm³/mol. The Kier molecular flexibility index (Phi) is 4.52. The van der Waals surface area contributed by atoms with Crippen molar-refractivity contribution >= 4 is 21.2 Å². The average molecular weight is 262 g/mol. The average Bonchev–Trinajstić information content (AvgIpc) is 2.45. The summed E-state index contributed by atoms with van der Waals surface area (Å²) in [6, 6.07) is 1.98. The molecule has 0 fully saturated rings. The fourth-order valence-electron chi connectivity index (χ4n) is 1.45. The predicted octanol–water partition coefficient (Wildman–Crippen LogP) is 2.22. The first-order valence-electron chi connectivity index (χ1n) is 5.22. The highest BCUT2D eigenvalue weighted by atomic mass is 32.2. The normalized spacial score (nSPS) is 14.0. The number of hydrogen-bond donors (Lipinski definition) is 1. The minimum atomic E-state index is -2.91. The molecule has 16 heavy (non-hydrogen) atoms. The number of rotatable bonds is 5. The van der Waals surface area contributed by atoms with E-state index in [1.54, 1.807) is 11.3 Å². The second-order valence-corrected chi connectivity index (χ2v) is 7.72. The van der Waals surface area contributed by atoms with Gasteiger partial charge in [0.15, 0.2) is 0 Å². The fourth-order valence-corrected chi connectivity index (χ4v) is 3.20. The summed E-state index contributed by atoms with van der Waals surface area (Å²) in [5.41, 5.74) is 1.18. The fraction of sp³-hybridized carbons (Fsp3) is 0.636. The molecule has 1 aromatic rings. The van der Waals surface area contributed by atoms with Crippen molar-refractivity contribution in [1.82, 2.24) is 0 Å². The first kappa shape index (κ1) is 13.7. The molecule has 0 radical (unpaired) electrons. The molecule has 1 rings (SSSR count). The Morgan fingerprint density at radius 2 is 2.06 bits per heavy atom. The van der Waals surface area contributed by atoms with Gasteiger partial charge in [-0.15, -0.1) is 11.3 Å². The molecular weight excluding hydrogens is 244 g/mol. The van der Waals surface area contributed by atoms with Gasteiger partial charge in [0.05, 0.1) is 6.10 Å². The summed E-state index contributed by atoms with van der Waals surface area (Å²) in [5, 5.41) is 9.87. The smallest absolute Gasteiger partial charge is 0.147 e. The standard InChI is InChI=1S/C11H18O3S2/c1-8-7-11(15-9(8)2)10(12)5-4-6-16(3,13)14/h7,10,12H,4-6H2,1-3H3. The van der Waals surface area contributed by atoms with E-state index in [9.17, 15) is 13.5 Å². The molecule has 1 unspecified atom stereocenters. The molecule has 3 nitrogen and oxygen atoms in total. The van der Waals surface area contributed by atoms with E-state index in [0.717, 1.165) is 4.88 Å². The van der Waals surface area contributed by atoms with Crippen LogP contribution in [0.2, 0.25) is 0 Å². The number of hydrogen-bond acceptors (Lipinski definition) is 4. The number of aryl methyl sites for hydroxylation is 2. The summed E-state index contributed by atoms with van der Waals surface area (Å²) in [5.74, 6) is 0.146.